The fourth-order valence-electron chi connectivity index (χ4n) is 0.737. The summed E-state index contributed by atoms with van der Waals surface area (Å²) in [6, 6.07) is -0.130. The first-order chi connectivity index (χ1) is 5.20. The summed E-state index contributed by atoms with van der Waals surface area (Å²) < 4.78 is 4.83. The van der Waals surface area contributed by atoms with Gasteiger partial charge in [0.15, 0.2) is 5.96 Å². The van der Waals surface area contributed by atoms with E-state index in [9.17, 15) is 0 Å². The summed E-state index contributed by atoms with van der Waals surface area (Å²) >= 11 is 0. The van der Waals surface area contributed by atoms with E-state index in [-0.39, 0.29) is 18.6 Å². The van der Waals surface area contributed by atoms with E-state index in [2.05, 4.69) is 4.99 Å². The molecule has 0 bridgehead atoms. The van der Waals surface area contributed by atoms with Crippen molar-refractivity contribution in [2.24, 2.45) is 16.5 Å². The second-order valence-electron chi connectivity index (χ2n) is 2.18. The molecule has 5 N–H and O–H groups in total. The molecule has 0 aliphatic heterocycles. The zero-order chi connectivity index (χ0) is 8.69. The Labute approximate surface area is 66.0 Å². The molecule has 66 valence electrons. The van der Waals surface area contributed by atoms with E-state index < -0.39 is 0 Å². The molecule has 0 aromatic rings. The lowest BCUT2D eigenvalue weighted by Crippen LogP contribution is -2.27. The van der Waals surface area contributed by atoms with Crippen LogP contribution in [0.15, 0.2) is 4.99 Å². The summed E-state index contributed by atoms with van der Waals surface area (Å²) in [7, 11) is 1.56. The van der Waals surface area contributed by atoms with Crippen molar-refractivity contribution in [1.82, 2.24) is 0 Å². The molecule has 0 aromatic heterocycles. The number of aliphatic hydroxyl groups excluding tert-OH is 1. The second-order valence-corrected chi connectivity index (χ2v) is 2.18. The van der Waals surface area contributed by atoms with E-state index in [0.29, 0.717) is 13.0 Å². The lowest BCUT2D eigenvalue weighted by molar-refractivity contribution is 0.164. The number of aliphatic hydroxyl groups is 1. The van der Waals surface area contributed by atoms with Gasteiger partial charge in [-0.25, -0.2) is 4.99 Å². The van der Waals surface area contributed by atoms with Crippen LogP contribution in [0, 0.1) is 0 Å². The molecule has 0 aromatic carbocycles. The molecule has 1 unspecified atom stereocenters. The van der Waals surface area contributed by atoms with Crippen LogP contribution >= 0.6 is 0 Å². The van der Waals surface area contributed by atoms with E-state index in [1.54, 1.807) is 7.11 Å². The topological polar surface area (TPSA) is 93.9 Å². The Kier molecular flexibility index (Phi) is 5.50. The zero-order valence-electron chi connectivity index (χ0n) is 6.66. The number of hydrogen-bond donors (Lipinski definition) is 3. The van der Waals surface area contributed by atoms with Crippen molar-refractivity contribution >= 4 is 5.96 Å². The van der Waals surface area contributed by atoms with Gasteiger partial charge in [0, 0.05) is 13.7 Å². The second kappa shape index (κ2) is 5.94. The molecule has 0 aliphatic carbocycles. The predicted molar refractivity (Wildman–Crippen MR) is 43.2 cm³/mol. The van der Waals surface area contributed by atoms with E-state index in [1.165, 1.54) is 0 Å². The molecule has 0 heterocycles. The molecular formula is C6H15N3O2. The van der Waals surface area contributed by atoms with Crippen LogP contribution in [0.5, 0.6) is 0 Å². The summed E-state index contributed by atoms with van der Waals surface area (Å²) in [4.78, 5) is 3.84. The quantitative estimate of drug-likeness (QED) is 0.343. The minimum absolute atomic E-state index is 0.0282. The molecule has 11 heavy (non-hydrogen) atoms. The summed E-state index contributed by atoms with van der Waals surface area (Å²) in [5, 5.41) is 8.57. The van der Waals surface area contributed by atoms with Gasteiger partial charge in [0.05, 0.1) is 12.6 Å². The molecule has 0 rings (SSSR count). The maximum Gasteiger partial charge on any atom is 0.186 e. The highest BCUT2D eigenvalue weighted by atomic mass is 16.5. The molecule has 0 spiro atoms. The average molecular weight is 161 g/mol. The number of methoxy groups -OCH3 is 1. The van der Waals surface area contributed by atoms with Gasteiger partial charge in [0.25, 0.3) is 0 Å². The first kappa shape index (κ1) is 10.2. The summed E-state index contributed by atoms with van der Waals surface area (Å²) in [5.41, 5.74) is 10.3. The highest BCUT2D eigenvalue weighted by Crippen LogP contribution is 1.96. The summed E-state index contributed by atoms with van der Waals surface area (Å²) in [5.74, 6) is 0.0282. The Morgan fingerprint density at radius 1 is 1.64 bits per heavy atom. The van der Waals surface area contributed by atoms with Gasteiger partial charge in [-0.05, 0) is 6.42 Å². The maximum atomic E-state index is 8.57. The maximum absolute atomic E-state index is 8.57. The van der Waals surface area contributed by atoms with Gasteiger partial charge >= 0.3 is 0 Å². The van der Waals surface area contributed by atoms with Crippen molar-refractivity contribution in [3.8, 4) is 0 Å². The third-order valence-electron chi connectivity index (χ3n) is 1.15. The van der Waals surface area contributed by atoms with Gasteiger partial charge in [-0.1, -0.05) is 0 Å². The molecule has 0 fully saturated rings. The van der Waals surface area contributed by atoms with Gasteiger partial charge in [0.1, 0.15) is 0 Å². The summed E-state index contributed by atoms with van der Waals surface area (Å²) in [6.07, 6.45) is 0.520. The number of ether oxygens (including phenoxy) is 1. The smallest absolute Gasteiger partial charge is 0.186 e. The number of nitrogens with two attached hydrogens (primary N) is 2. The minimum atomic E-state index is -0.130. The van der Waals surface area contributed by atoms with Crippen LogP contribution in [0.1, 0.15) is 6.42 Å². The Bertz CT molecular complexity index is 117. The first-order valence-electron chi connectivity index (χ1n) is 3.39. The predicted octanol–water partition coefficient (Wildman–Crippen LogP) is -1.34. The molecule has 5 nitrogen and oxygen atoms in total. The standard InChI is InChI=1S/C6H15N3O2/c1-11-4-5(2-3-10)9-6(7)8/h5,10H,2-4H2,1H3,(H4,7,8,9). The Morgan fingerprint density at radius 2 is 2.27 bits per heavy atom. The fraction of sp³-hybridized carbons (Fsp3) is 0.833. The third kappa shape index (κ3) is 5.63. The van der Waals surface area contributed by atoms with Crippen molar-refractivity contribution in [3.63, 3.8) is 0 Å². The lowest BCUT2D eigenvalue weighted by atomic mass is 10.2. The fourth-order valence-corrected chi connectivity index (χ4v) is 0.737. The highest BCUT2D eigenvalue weighted by molar-refractivity contribution is 5.75. The normalized spacial score (nSPS) is 12.5. The largest absolute Gasteiger partial charge is 0.396 e. The number of rotatable bonds is 5. The molecule has 0 saturated carbocycles. The molecule has 1 atom stereocenters. The lowest BCUT2D eigenvalue weighted by Gasteiger charge is -2.08. The van der Waals surface area contributed by atoms with Crippen LogP contribution in [0.4, 0.5) is 0 Å². The highest BCUT2D eigenvalue weighted by Gasteiger charge is 2.04. The minimum Gasteiger partial charge on any atom is -0.396 e. The third-order valence-corrected chi connectivity index (χ3v) is 1.15. The van der Waals surface area contributed by atoms with Crippen LogP contribution in [-0.4, -0.2) is 37.4 Å². The monoisotopic (exact) mass is 161 g/mol. The van der Waals surface area contributed by atoms with Crippen molar-refractivity contribution in [2.45, 2.75) is 12.5 Å². The van der Waals surface area contributed by atoms with Crippen LogP contribution in [0.2, 0.25) is 0 Å². The Hall–Kier alpha value is -0.810. The molecule has 0 amide bonds. The molecule has 0 saturated heterocycles. The van der Waals surface area contributed by atoms with E-state index in [4.69, 9.17) is 21.3 Å². The van der Waals surface area contributed by atoms with Crippen molar-refractivity contribution in [1.29, 1.82) is 0 Å². The number of guanidine groups is 1. The number of nitrogens with zero attached hydrogens (tertiary/aromatic N) is 1. The van der Waals surface area contributed by atoms with Crippen molar-refractivity contribution < 1.29 is 9.84 Å². The van der Waals surface area contributed by atoms with E-state index in [0.717, 1.165) is 0 Å². The Morgan fingerprint density at radius 3 is 2.64 bits per heavy atom. The molecule has 0 radical (unpaired) electrons. The van der Waals surface area contributed by atoms with Crippen LogP contribution in [-0.2, 0) is 4.74 Å². The van der Waals surface area contributed by atoms with Crippen molar-refractivity contribution in [2.75, 3.05) is 20.3 Å². The molecular weight excluding hydrogens is 146 g/mol. The van der Waals surface area contributed by atoms with Gasteiger partial charge in [-0.15, -0.1) is 0 Å². The number of aliphatic imine (C=N–C) groups is 1. The van der Waals surface area contributed by atoms with E-state index >= 15 is 0 Å². The Balaban J connectivity index is 3.78. The van der Waals surface area contributed by atoms with Gasteiger partial charge in [-0.3, -0.25) is 0 Å². The first-order valence-corrected chi connectivity index (χ1v) is 3.39. The summed E-state index contributed by atoms with van der Waals surface area (Å²) in [6.45, 7) is 0.489. The SMILES string of the molecule is COCC(CCO)N=C(N)N. The zero-order valence-corrected chi connectivity index (χ0v) is 6.66. The number of hydrogen-bond acceptors (Lipinski definition) is 3. The molecule has 5 heteroatoms. The van der Waals surface area contributed by atoms with Gasteiger partial charge in [0.2, 0.25) is 0 Å². The van der Waals surface area contributed by atoms with Crippen LogP contribution in [0.25, 0.3) is 0 Å². The van der Waals surface area contributed by atoms with E-state index in [1.807, 2.05) is 0 Å². The molecule has 0 aliphatic rings. The van der Waals surface area contributed by atoms with Crippen LogP contribution < -0.4 is 11.5 Å². The van der Waals surface area contributed by atoms with Crippen molar-refractivity contribution in [3.05, 3.63) is 0 Å². The average Bonchev–Trinajstić information content (AvgIpc) is 1.87. The van der Waals surface area contributed by atoms with Gasteiger partial charge < -0.3 is 21.3 Å². The van der Waals surface area contributed by atoms with Gasteiger partial charge in [-0.2, -0.15) is 0 Å². The van der Waals surface area contributed by atoms with Crippen LogP contribution in [0.3, 0.4) is 0 Å².